The van der Waals surface area contributed by atoms with Crippen molar-refractivity contribution >= 4 is 23.5 Å². The number of amides is 2. The van der Waals surface area contributed by atoms with E-state index in [2.05, 4.69) is 0 Å². The monoisotopic (exact) mass is 517 g/mol. The SMILES string of the molecule is CN1CC(=O)N(c2cccc(F)c2)CC12CCN(C(=O)c1ccc(F)c(F)c1)C2.O=C(O)C(F)(F)F. The molecule has 1 unspecified atom stereocenters. The van der Waals surface area contributed by atoms with Gasteiger partial charge < -0.3 is 14.9 Å². The van der Waals surface area contributed by atoms with Crippen LogP contribution in [0.3, 0.4) is 0 Å². The molecule has 1 N–H and O–H groups in total. The number of rotatable bonds is 2. The maximum Gasteiger partial charge on any atom is 0.490 e. The number of likely N-dealkylation sites (tertiary alicyclic amines) is 1. The fourth-order valence-corrected chi connectivity index (χ4v) is 4.12. The van der Waals surface area contributed by atoms with Crippen molar-refractivity contribution in [3.8, 4) is 0 Å². The molecular formula is C23H21F6N3O4. The van der Waals surface area contributed by atoms with E-state index in [0.29, 0.717) is 31.7 Å². The molecule has 2 aromatic rings. The van der Waals surface area contributed by atoms with Gasteiger partial charge in [0.05, 0.1) is 12.1 Å². The summed E-state index contributed by atoms with van der Waals surface area (Å²) in [6, 6.07) is 8.96. The zero-order valence-corrected chi connectivity index (χ0v) is 18.9. The molecule has 13 heteroatoms. The summed E-state index contributed by atoms with van der Waals surface area (Å²) in [6.45, 7) is 1.21. The summed E-state index contributed by atoms with van der Waals surface area (Å²) in [5.74, 6) is -5.78. The minimum absolute atomic E-state index is 0.0810. The van der Waals surface area contributed by atoms with Gasteiger partial charge in [0.2, 0.25) is 5.91 Å². The molecule has 4 rings (SSSR count). The lowest BCUT2D eigenvalue weighted by Gasteiger charge is -2.46. The number of aliphatic carboxylic acids is 1. The summed E-state index contributed by atoms with van der Waals surface area (Å²) in [5, 5.41) is 7.12. The van der Waals surface area contributed by atoms with Crippen LogP contribution < -0.4 is 4.90 Å². The van der Waals surface area contributed by atoms with Crippen LogP contribution in [0.5, 0.6) is 0 Å². The van der Waals surface area contributed by atoms with Crippen LogP contribution in [0.15, 0.2) is 42.5 Å². The molecule has 36 heavy (non-hydrogen) atoms. The number of hydrogen-bond acceptors (Lipinski definition) is 4. The molecule has 1 spiro atoms. The Balaban J connectivity index is 0.000000454. The third kappa shape index (κ3) is 5.78. The van der Waals surface area contributed by atoms with E-state index in [4.69, 9.17) is 9.90 Å². The molecule has 0 saturated carbocycles. The molecule has 2 aromatic carbocycles. The van der Waals surface area contributed by atoms with Gasteiger partial charge >= 0.3 is 12.1 Å². The van der Waals surface area contributed by atoms with Crippen molar-refractivity contribution < 1.29 is 45.8 Å². The Morgan fingerprint density at radius 2 is 1.67 bits per heavy atom. The van der Waals surface area contributed by atoms with Crippen molar-refractivity contribution in [1.82, 2.24) is 9.80 Å². The second kappa shape index (κ2) is 10.2. The van der Waals surface area contributed by atoms with E-state index in [9.17, 15) is 35.9 Å². The van der Waals surface area contributed by atoms with Gasteiger partial charge in [0.1, 0.15) is 5.82 Å². The number of piperazine rings is 1. The fraction of sp³-hybridized carbons (Fsp3) is 0.348. The maximum atomic E-state index is 13.7. The first-order valence-corrected chi connectivity index (χ1v) is 10.6. The first kappa shape index (κ1) is 27.0. The third-order valence-electron chi connectivity index (χ3n) is 6.08. The number of halogens is 6. The number of hydrogen-bond donors (Lipinski definition) is 1. The Morgan fingerprint density at radius 3 is 2.25 bits per heavy atom. The summed E-state index contributed by atoms with van der Waals surface area (Å²) in [6.07, 6.45) is -4.47. The largest absolute Gasteiger partial charge is 0.490 e. The lowest BCUT2D eigenvalue weighted by Crippen LogP contribution is -2.64. The highest BCUT2D eigenvalue weighted by molar-refractivity contribution is 5.97. The second-order valence-electron chi connectivity index (χ2n) is 8.45. The van der Waals surface area contributed by atoms with Gasteiger partial charge in [0, 0.05) is 30.9 Å². The van der Waals surface area contributed by atoms with Gasteiger partial charge in [0.25, 0.3) is 5.91 Å². The van der Waals surface area contributed by atoms with Crippen molar-refractivity contribution in [2.45, 2.75) is 18.1 Å². The van der Waals surface area contributed by atoms with Crippen LogP contribution in [0.25, 0.3) is 0 Å². The van der Waals surface area contributed by atoms with E-state index in [1.807, 2.05) is 11.9 Å². The normalized spacial score (nSPS) is 20.4. The number of carboxylic acid groups (broad SMARTS) is 1. The van der Waals surface area contributed by atoms with Crippen LogP contribution in [0, 0.1) is 17.5 Å². The molecule has 2 aliphatic rings. The van der Waals surface area contributed by atoms with E-state index in [1.165, 1.54) is 18.2 Å². The van der Waals surface area contributed by atoms with Crippen LogP contribution in [0.4, 0.5) is 32.0 Å². The highest BCUT2D eigenvalue weighted by atomic mass is 19.4. The molecule has 2 fully saturated rings. The Labute approximate surface area is 201 Å². The Morgan fingerprint density at radius 1 is 1.00 bits per heavy atom. The van der Waals surface area contributed by atoms with E-state index in [0.717, 1.165) is 12.1 Å². The number of likely N-dealkylation sites (N-methyl/N-ethyl adjacent to an activating group) is 1. The average molecular weight is 517 g/mol. The van der Waals surface area contributed by atoms with Crippen molar-refractivity contribution in [3.63, 3.8) is 0 Å². The van der Waals surface area contributed by atoms with E-state index >= 15 is 0 Å². The van der Waals surface area contributed by atoms with Gasteiger partial charge in [-0.05, 0) is 49.9 Å². The van der Waals surface area contributed by atoms with Gasteiger partial charge in [-0.3, -0.25) is 14.5 Å². The number of anilines is 1. The number of alkyl halides is 3. The second-order valence-corrected chi connectivity index (χ2v) is 8.45. The van der Waals surface area contributed by atoms with Crippen molar-refractivity contribution in [1.29, 1.82) is 0 Å². The predicted octanol–water partition coefficient (Wildman–Crippen LogP) is 3.30. The van der Waals surface area contributed by atoms with Gasteiger partial charge in [0.15, 0.2) is 11.6 Å². The lowest BCUT2D eigenvalue weighted by molar-refractivity contribution is -0.192. The van der Waals surface area contributed by atoms with Crippen LogP contribution in [-0.4, -0.2) is 77.6 Å². The van der Waals surface area contributed by atoms with E-state index in [1.54, 1.807) is 21.9 Å². The van der Waals surface area contributed by atoms with E-state index in [-0.39, 0.29) is 23.9 Å². The van der Waals surface area contributed by atoms with E-state index < -0.39 is 35.1 Å². The standard InChI is InChI=1S/C21H20F3N3O2.C2HF3O2/c1-25-11-19(28)27(16-4-2-3-15(22)10-16)13-21(25)7-8-26(12-21)20(29)14-5-6-17(23)18(24)9-14;3-2(4,5)1(6)7/h2-6,9-10H,7-8,11-13H2,1H3;(H,6,7). The molecular weight excluding hydrogens is 496 g/mol. The molecule has 0 radical (unpaired) electrons. The van der Waals surface area contributed by atoms with Crippen LogP contribution >= 0.6 is 0 Å². The third-order valence-corrected chi connectivity index (χ3v) is 6.08. The molecule has 1 atom stereocenters. The quantitative estimate of drug-likeness (QED) is 0.619. The molecule has 2 heterocycles. The topological polar surface area (TPSA) is 81.2 Å². The van der Waals surface area contributed by atoms with Crippen molar-refractivity contribution in [2.75, 3.05) is 38.1 Å². The number of carbonyl (C=O) groups excluding carboxylic acids is 2. The molecule has 0 aromatic heterocycles. The molecule has 0 bridgehead atoms. The lowest BCUT2D eigenvalue weighted by atomic mass is 9.92. The van der Waals surface area contributed by atoms with Gasteiger partial charge in [-0.2, -0.15) is 13.2 Å². The number of carboxylic acids is 1. The zero-order valence-electron chi connectivity index (χ0n) is 18.9. The summed E-state index contributed by atoms with van der Waals surface area (Å²) >= 11 is 0. The van der Waals surface area contributed by atoms with Gasteiger partial charge in [-0.25, -0.2) is 18.0 Å². The fourth-order valence-electron chi connectivity index (χ4n) is 4.12. The van der Waals surface area contributed by atoms with Crippen molar-refractivity contribution in [2.24, 2.45) is 0 Å². The zero-order chi connectivity index (χ0) is 26.8. The summed E-state index contributed by atoms with van der Waals surface area (Å²) < 4.78 is 72.1. The molecule has 2 saturated heterocycles. The Hall–Kier alpha value is -3.61. The molecule has 7 nitrogen and oxygen atoms in total. The smallest absolute Gasteiger partial charge is 0.475 e. The first-order chi connectivity index (χ1) is 16.7. The number of nitrogens with zero attached hydrogens (tertiary/aromatic N) is 3. The first-order valence-electron chi connectivity index (χ1n) is 10.6. The molecule has 0 aliphatic carbocycles. The number of benzene rings is 2. The molecule has 2 amide bonds. The van der Waals surface area contributed by atoms with Crippen LogP contribution in [0.2, 0.25) is 0 Å². The van der Waals surface area contributed by atoms with Gasteiger partial charge in [-0.15, -0.1) is 0 Å². The minimum atomic E-state index is -5.08. The predicted molar refractivity (Wildman–Crippen MR) is 115 cm³/mol. The highest BCUT2D eigenvalue weighted by Crippen LogP contribution is 2.34. The minimum Gasteiger partial charge on any atom is -0.475 e. The summed E-state index contributed by atoms with van der Waals surface area (Å²) in [4.78, 5) is 39.3. The highest BCUT2D eigenvalue weighted by Gasteiger charge is 2.48. The summed E-state index contributed by atoms with van der Waals surface area (Å²) in [5.41, 5.74) is 0.0689. The maximum absolute atomic E-state index is 13.7. The average Bonchev–Trinajstić information content (AvgIpc) is 3.23. The molecule has 194 valence electrons. The number of carbonyl (C=O) groups is 3. The van der Waals surface area contributed by atoms with Crippen molar-refractivity contribution in [3.05, 3.63) is 65.5 Å². The summed E-state index contributed by atoms with van der Waals surface area (Å²) in [7, 11) is 1.83. The van der Waals surface area contributed by atoms with Gasteiger partial charge in [-0.1, -0.05) is 6.07 Å². The Kier molecular flexibility index (Phi) is 7.62. The van der Waals surface area contributed by atoms with Crippen LogP contribution in [0.1, 0.15) is 16.8 Å². The Bertz CT molecular complexity index is 1170. The van der Waals surface area contributed by atoms with Crippen LogP contribution in [-0.2, 0) is 9.59 Å². The molecule has 2 aliphatic heterocycles.